The zero-order valence-electron chi connectivity index (χ0n) is 19.9. The average molecular weight is 558 g/mol. The molecule has 0 fully saturated rings. The Balaban J connectivity index is 2.34. The molecule has 0 heterocycles. The van der Waals surface area contributed by atoms with E-state index in [4.69, 9.17) is 27.9 Å². The minimum atomic E-state index is -0.707. The van der Waals surface area contributed by atoms with E-state index in [1.807, 2.05) is 53.7 Å². The molecule has 0 unspecified atom stereocenters. The first kappa shape index (κ1) is 27.5. The van der Waals surface area contributed by atoms with Crippen LogP contribution in [0, 0.1) is 13.8 Å². The third kappa shape index (κ3) is 7.62. The maximum absolute atomic E-state index is 13.4. The van der Waals surface area contributed by atoms with Crippen LogP contribution in [0.15, 0.2) is 34.8 Å². The van der Waals surface area contributed by atoms with E-state index in [1.165, 1.54) is 4.90 Å². The Morgan fingerprint density at radius 2 is 1.67 bits per heavy atom. The lowest BCUT2D eigenvalue weighted by Gasteiger charge is -2.33. The number of benzene rings is 2. The molecule has 0 aromatic heterocycles. The van der Waals surface area contributed by atoms with Crippen LogP contribution in [0.25, 0.3) is 0 Å². The number of amides is 2. The van der Waals surface area contributed by atoms with Crippen molar-refractivity contribution in [1.29, 1.82) is 0 Å². The molecule has 0 spiro atoms. The molecule has 1 N–H and O–H groups in total. The van der Waals surface area contributed by atoms with Gasteiger partial charge in [0, 0.05) is 32.2 Å². The van der Waals surface area contributed by atoms with Gasteiger partial charge >= 0.3 is 0 Å². The smallest absolute Gasteiger partial charge is 0.261 e. The summed E-state index contributed by atoms with van der Waals surface area (Å²) in [5.74, 6) is 0.0152. The molecule has 0 aliphatic rings. The summed E-state index contributed by atoms with van der Waals surface area (Å²) in [5.41, 5.74) is 2.16. The average Bonchev–Trinajstić information content (AvgIpc) is 2.70. The minimum absolute atomic E-state index is 0.0924. The summed E-state index contributed by atoms with van der Waals surface area (Å²) in [5, 5.41) is 3.84. The van der Waals surface area contributed by atoms with Gasteiger partial charge in [-0.25, -0.2) is 0 Å². The van der Waals surface area contributed by atoms with Crippen LogP contribution in [-0.4, -0.2) is 34.9 Å². The standard InChI is InChI=1S/C25H31BrCl2N2O3/c1-7-21(24(32)29-25(4,5)6)30(13-18-19(27)9-8-10-20(18)28)22(31)14-33-17-11-15(2)23(26)16(3)12-17/h8-12,21H,7,13-14H2,1-6H3,(H,29,32)/t21-/m1/s1. The summed E-state index contributed by atoms with van der Waals surface area (Å²) < 4.78 is 6.83. The Morgan fingerprint density at radius 3 is 2.15 bits per heavy atom. The predicted molar refractivity (Wildman–Crippen MR) is 138 cm³/mol. The largest absolute Gasteiger partial charge is 0.484 e. The normalized spacial score (nSPS) is 12.3. The summed E-state index contributed by atoms with van der Waals surface area (Å²) in [7, 11) is 0. The third-order valence-corrected chi connectivity index (χ3v) is 7.01. The number of halogens is 3. The highest BCUT2D eigenvalue weighted by Gasteiger charge is 2.31. The van der Waals surface area contributed by atoms with E-state index < -0.39 is 11.6 Å². The summed E-state index contributed by atoms with van der Waals surface area (Å²) in [6, 6.07) is 8.19. The molecule has 180 valence electrons. The lowest BCUT2D eigenvalue weighted by molar-refractivity contribution is -0.143. The molecule has 0 bridgehead atoms. The van der Waals surface area contributed by atoms with Gasteiger partial charge in [0.25, 0.3) is 5.91 Å². The quantitative estimate of drug-likeness (QED) is 0.404. The molecule has 2 aromatic rings. The van der Waals surface area contributed by atoms with E-state index in [1.54, 1.807) is 18.2 Å². The van der Waals surface area contributed by atoms with E-state index >= 15 is 0 Å². The second-order valence-corrected chi connectivity index (χ2v) is 10.7. The molecule has 8 heteroatoms. The first-order valence-corrected chi connectivity index (χ1v) is 12.3. The number of aryl methyl sites for hydroxylation is 2. The number of hydrogen-bond donors (Lipinski definition) is 1. The van der Waals surface area contributed by atoms with Crippen LogP contribution < -0.4 is 10.1 Å². The van der Waals surface area contributed by atoms with Gasteiger partial charge in [-0.05, 0) is 76.4 Å². The van der Waals surface area contributed by atoms with Crippen LogP contribution in [-0.2, 0) is 16.1 Å². The van der Waals surface area contributed by atoms with E-state index in [-0.39, 0.29) is 25.0 Å². The summed E-state index contributed by atoms with van der Waals surface area (Å²) in [4.78, 5) is 27.9. The lowest BCUT2D eigenvalue weighted by Crippen LogP contribution is -2.54. The van der Waals surface area contributed by atoms with Crippen molar-refractivity contribution in [1.82, 2.24) is 10.2 Å². The SMILES string of the molecule is CC[C@H](C(=O)NC(C)(C)C)N(Cc1c(Cl)cccc1Cl)C(=O)COc1cc(C)c(Br)c(C)c1. The second-order valence-electron chi connectivity index (χ2n) is 9.04. The summed E-state index contributed by atoms with van der Waals surface area (Å²) in [6.45, 7) is 11.4. The molecule has 0 radical (unpaired) electrons. The highest BCUT2D eigenvalue weighted by Crippen LogP contribution is 2.28. The van der Waals surface area contributed by atoms with Crippen molar-refractivity contribution >= 4 is 50.9 Å². The third-order valence-electron chi connectivity index (χ3n) is 5.05. The highest BCUT2D eigenvalue weighted by molar-refractivity contribution is 9.10. The summed E-state index contributed by atoms with van der Waals surface area (Å²) in [6.07, 6.45) is 0.423. The van der Waals surface area contributed by atoms with Crippen molar-refractivity contribution < 1.29 is 14.3 Å². The monoisotopic (exact) mass is 556 g/mol. The fraction of sp³-hybridized carbons (Fsp3) is 0.440. The van der Waals surface area contributed by atoms with Crippen LogP contribution in [0.3, 0.4) is 0 Å². The summed E-state index contributed by atoms with van der Waals surface area (Å²) >= 11 is 16.3. The van der Waals surface area contributed by atoms with Crippen molar-refractivity contribution in [3.8, 4) is 5.75 Å². The van der Waals surface area contributed by atoms with Crippen molar-refractivity contribution in [3.63, 3.8) is 0 Å². The number of nitrogens with one attached hydrogen (secondary N) is 1. The van der Waals surface area contributed by atoms with Crippen LogP contribution in [0.1, 0.15) is 50.8 Å². The van der Waals surface area contributed by atoms with E-state index in [0.717, 1.165) is 15.6 Å². The van der Waals surface area contributed by atoms with Gasteiger partial charge in [-0.3, -0.25) is 9.59 Å². The Morgan fingerprint density at radius 1 is 1.12 bits per heavy atom. The number of carbonyl (C=O) groups is 2. The molecule has 33 heavy (non-hydrogen) atoms. The van der Waals surface area contributed by atoms with Gasteiger partial charge in [0.05, 0.1) is 0 Å². The predicted octanol–water partition coefficient (Wildman–Crippen LogP) is 6.47. The minimum Gasteiger partial charge on any atom is -0.484 e. The fourth-order valence-corrected chi connectivity index (χ4v) is 4.19. The van der Waals surface area contributed by atoms with Crippen molar-refractivity contribution in [3.05, 3.63) is 61.5 Å². The molecule has 2 aromatic carbocycles. The number of rotatable bonds is 8. The number of hydrogen-bond acceptors (Lipinski definition) is 3. The van der Waals surface area contributed by atoms with Crippen LogP contribution in [0.5, 0.6) is 5.75 Å². The molecule has 1 atom stereocenters. The van der Waals surface area contributed by atoms with E-state index in [0.29, 0.717) is 27.8 Å². The fourth-order valence-electron chi connectivity index (χ4n) is 3.44. The number of nitrogens with zero attached hydrogens (tertiary/aromatic N) is 1. The van der Waals surface area contributed by atoms with Gasteiger partial charge in [0.1, 0.15) is 11.8 Å². The molecule has 0 saturated carbocycles. The molecule has 5 nitrogen and oxygen atoms in total. The van der Waals surface area contributed by atoms with Crippen LogP contribution >= 0.6 is 39.1 Å². The maximum Gasteiger partial charge on any atom is 0.261 e. The van der Waals surface area contributed by atoms with Gasteiger partial charge < -0.3 is 15.0 Å². The molecule has 0 aliphatic heterocycles. The van der Waals surface area contributed by atoms with Gasteiger partial charge in [0.15, 0.2) is 6.61 Å². The molecule has 0 saturated heterocycles. The molecular formula is C25H31BrCl2N2O3. The first-order valence-electron chi connectivity index (χ1n) is 10.8. The zero-order chi connectivity index (χ0) is 24.9. The highest BCUT2D eigenvalue weighted by atomic mass is 79.9. The topological polar surface area (TPSA) is 58.6 Å². The van der Waals surface area contributed by atoms with E-state index in [2.05, 4.69) is 21.2 Å². The molecule has 0 aliphatic carbocycles. The Hall–Kier alpha value is -1.76. The molecule has 2 rings (SSSR count). The zero-order valence-corrected chi connectivity index (χ0v) is 23.0. The molecule has 2 amide bonds. The van der Waals surface area contributed by atoms with Crippen LogP contribution in [0.2, 0.25) is 10.0 Å². The second kappa shape index (κ2) is 11.6. The Bertz CT molecular complexity index is 978. The number of ether oxygens (including phenoxy) is 1. The number of carbonyl (C=O) groups excluding carboxylic acids is 2. The van der Waals surface area contributed by atoms with E-state index in [9.17, 15) is 9.59 Å². The maximum atomic E-state index is 13.4. The Kier molecular flexibility index (Phi) is 9.65. The molecular weight excluding hydrogens is 527 g/mol. The Labute approximate surface area is 214 Å². The van der Waals surface area contributed by atoms with Crippen molar-refractivity contribution in [2.75, 3.05) is 6.61 Å². The lowest BCUT2D eigenvalue weighted by atomic mass is 10.1. The van der Waals surface area contributed by atoms with Gasteiger partial charge in [0.2, 0.25) is 5.91 Å². The van der Waals surface area contributed by atoms with Gasteiger partial charge in [-0.2, -0.15) is 0 Å². The first-order chi connectivity index (χ1) is 15.3. The van der Waals surface area contributed by atoms with Gasteiger partial charge in [-0.1, -0.05) is 52.1 Å². The van der Waals surface area contributed by atoms with Crippen LogP contribution in [0.4, 0.5) is 0 Å². The van der Waals surface area contributed by atoms with Gasteiger partial charge in [-0.15, -0.1) is 0 Å². The van der Waals surface area contributed by atoms with Crippen molar-refractivity contribution in [2.45, 2.75) is 66.1 Å². The van der Waals surface area contributed by atoms with Crippen molar-refractivity contribution in [2.24, 2.45) is 0 Å².